The SMILES string of the molecule is CCC(COC)n1nnc(CCN)c1C. The predicted molar refractivity (Wildman–Crippen MR) is 58.7 cm³/mol. The molecule has 1 unspecified atom stereocenters. The van der Waals surface area contributed by atoms with Gasteiger partial charge in [-0.3, -0.25) is 0 Å². The number of methoxy groups -OCH3 is 1. The Bertz CT molecular complexity index is 298. The van der Waals surface area contributed by atoms with Crippen LogP contribution in [-0.4, -0.2) is 35.3 Å². The summed E-state index contributed by atoms with van der Waals surface area (Å²) in [4.78, 5) is 0. The summed E-state index contributed by atoms with van der Waals surface area (Å²) in [5.41, 5.74) is 7.60. The van der Waals surface area contributed by atoms with Gasteiger partial charge in [0, 0.05) is 13.5 Å². The molecular formula is C10H20N4O. The van der Waals surface area contributed by atoms with Crippen LogP contribution in [0.1, 0.15) is 30.8 Å². The molecule has 5 nitrogen and oxygen atoms in total. The second-order valence-electron chi connectivity index (χ2n) is 3.62. The fourth-order valence-electron chi connectivity index (χ4n) is 1.64. The zero-order valence-electron chi connectivity index (χ0n) is 9.73. The van der Waals surface area contributed by atoms with Crippen LogP contribution in [0.5, 0.6) is 0 Å². The second kappa shape index (κ2) is 5.82. The highest BCUT2D eigenvalue weighted by Gasteiger charge is 2.15. The van der Waals surface area contributed by atoms with E-state index >= 15 is 0 Å². The van der Waals surface area contributed by atoms with Gasteiger partial charge in [-0.05, 0) is 19.9 Å². The van der Waals surface area contributed by atoms with Gasteiger partial charge >= 0.3 is 0 Å². The predicted octanol–water partition coefficient (Wildman–Crippen LogP) is 0.685. The molecule has 0 fully saturated rings. The summed E-state index contributed by atoms with van der Waals surface area (Å²) in [7, 11) is 1.70. The monoisotopic (exact) mass is 212 g/mol. The van der Waals surface area contributed by atoms with Gasteiger partial charge in [-0.15, -0.1) is 5.10 Å². The summed E-state index contributed by atoms with van der Waals surface area (Å²) in [5, 5.41) is 8.29. The number of ether oxygens (including phenoxy) is 1. The van der Waals surface area contributed by atoms with Gasteiger partial charge < -0.3 is 10.5 Å². The Labute approximate surface area is 90.6 Å². The van der Waals surface area contributed by atoms with Crippen molar-refractivity contribution >= 4 is 0 Å². The molecule has 0 amide bonds. The van der Waals surface area contributed by atoms with Crippen LogP contribution in [-0.2, 0) is 11.2 Å². The normalized spacial score (nSPS) is 13.1. The lowest BCUT2D eigenvalue weighted by Gasteiger charge is -2.15. The van der Waals surface area contributed by atoms with Crippen LogP contribution in [0.2, 0.25) is 0 Å². The van der Waals surface area contributed by atoms with Crippen LogP contribution in [0.3, 0.4) is 0 Å². The minimum atomic E-state index is 0.272. The molecule has 5 heteroatoms. The van der Waals surface area contributed by atoms with Gasteiger partial charge in [0.15, 0.2) is 0 Å². The van der Waals surface area contributed by atoms with Gasteiger partial charge in [0.1, 0.15) is 0 Å². The summed E-state index contributed by atoms with van der Waals surface area (Å²) in [6, 6.07) is 0.272. The van der Waals surface area contributed by atoms with Crippen molar-refractivity contribution in [3.8, 4) is 0 Å². The van der Waals surface area contributed by atoms with E-state index in [2.05, 4.69) is 17.2 Å². The molecule has 1 heterocycles. The van der Waals surface area contributed by atoms with E-state index in [1.807, 2.05) is 11.6 Å². The molecule has 2 N–H and O–H groups in total. The topological polar surface area (TPSA) is 66.0 Å². The Morgan fingerprint density at radius 3 is 2.80 bits per heavy atom. The molecule has 1 atom stereocenters. The molecule has 1 aromatic heterocycles. The van der Waals surface area contributed by atoms with E-state index < -0.39 is 0 Å². The van der Waals surface area contributed by atoms with Crippen molar-refractivity contribution in [3.63, 3.8) is 0 Å². The maximum Gasteiger partial charge on any atom is 0.0869 e. The molecule has 86 valence electrons. The molecule has 0 spiro atoms. The first kappa shape index (κ1) is 12.1. The third kappa shape index (κ3) is 2.76. The molecule has 0 saturated heterocycles. The van der Waals surface area contributed by atoms with Crippen molar-refractivity contribution in [2.45, 2.75) is 32.7 Å². The highest BCUT2D eigenvalue weighted by atomic mass is 16.5. The molecule has 1 aromatic rings. The van der Waals surface area contributed by atoms with Gasteiger partial charge in [0.05, 0.1) is 24.0 Å². The summed E-state index contributed by atoms with van der Waals surface area (Å²) in [6.07, 6.45) is 1.77. The minimum Gasteiger partial charge on any atom is -0.382 e. The zero-order chi connectivity index (χ0) is 11.3. The Balaban J connectivity index is 2.83. The van der Waals surface area contributed by atoms with Crippen LogP contribution in [0.25, 0.3) is 0 Å². The standard InChI is InChI=1S/C10H20N4O/c1-4-9(7-15-3)14-8(2)10(5-6-11)12-13-14/h9H,4-7,11H2,1-3H3. The fraction of sp³-hybridized carbons (Fsp3) is 0.800. The van der Waals surface area contributed by atoms with Crippen molar-refractivity contribution in [2.75, 3.05) is 20.3 Å². The van der Waals surface area contributed by atoms with E-state index in [1.54, 1.807) is 7.11 Å². The first-order valence-electron chi connectivity index (χ1n) is 5.34. The van der Waals surface area contributed by atoms with E-state index in [-0.39, 0.29) is 6.04 Å². The highest BCUT2D eigenvalue weighted by molar-refractivity contribution is 5.09. The summed E-state index contributed by atoms with van der Waals surface area (Å²) >= 11 is 0. The van der Waals surface area contributed by atoms with Crippen LogP contribution in [0.4, 0.5) is 0 Å². The third-order valence-corrected chi connectivity index (χ3v) is 2.58. The van der Waals surface area contributed by atoms with Crippen LogP contribution in [0.15, 0.2) is 0 Å². The van der Waals surface area contributed by atoms with E-state index in [0.717, 1.165) is 24.2 Å². The molecule has 0 radical (unpaired) electrons. The van der Waals surface area contributed by atoms with Crippen LogP contribution < -0.4 is 5.73 Å². The minimum absolute atomic E-state index is 0.272. The Kier molecular flexibility index (Phi) is 4.71. The molecule has 0 aliphatic heterocycles. The van der Waals surface area contributed by atoms with E-state index in [4.69, 9.17) is 10.5 Å². The number of hydrogen-bond donors (Lipinski definition) is 1. The highest BCUT2D eigenvalue weighted by Crippen LogP contribution is 2.14. The van der Waals surface area contributed by atoms with E-state index in [0.29, 0.717) is 13.2 Å². The average molecular weight is 212 g/mol. The van der Waals surface area contributed by atoms with Crippen molar-refractivity contribution in [3.05, 3.63) is 11.4 Å². The van der Waals surface area contributed by atoms with Crippen molar-refractivity contribution in [1.29, 1.82) is 0 Å². The number of hydrogen-bond acceptors (Lipinski definition) is 4. The maximum absolute atomic E-state index is 5.50. The van der Waals surface area contributed by atoms with E-state index in [9.17, 15) is 0 Å². The molecule has 1 rings (SSSR count). The maximum atomic E-state index is 5.50. The van der Waals surface area contributed by atoms with Crippen molar-refractivity contribution < 1.29 is 4.74 Å². The molecule has 0 saturated carbocycles. The molecular weight excluding hydrogens is 192 g/mol. The van der Waals surface area contributed by atoms with Crippen LogP contribution in [0, 0.1) is 6.92 Å². The lowest BCUT2D eigenvalue weighted by molar-refractivity contribution is 0.145. The first-order valence-corrected chi connectivity index (χ1v) is 5.34. The summed E-state index contributed by atoms with van der Waals surface area (Å²) in [5.74, 6) is 0. The second-order valence-corrected chi connectivity index (χ2v) is 3.62. The lowest BCUT2D eigenvalue weighted by Crippen LogP contribution is -2.17. The Hall–Kier alpha value is -0.940. The number of nitrogens with two attached hydrogens (primary N) is 1. The van der Waals surface area contributed by atoms with Gasteiger partial charge in [-0.2, -0.15) is 0 Å². The van der Waals surface area contributed by atoms with Gasteiger partial charge in [-0.1, -0.05) is 12.1 Å². The number of rotatable bonds is 6. The first-order chi connectivity index (χ1) is 7.24. The quantitative estimate of drug-likeness (QED) is 0.753. The van der Waals surface area contributed by atoms with Crippen molar-refractivity contribution in [1.82, 2.24) is 15.0 Å². The smallest absolute Gasteiger partial charge is 0.0869 e. The number of aromatic nitrogens is 3. The summed E-state index contributed by atoms with van der Waals surface area (Å²) in [6.45, 7) is 5.43. The van der Waals surface area contributed by atoms with E-state index in [1.165, 1.54) is 0 Å². The van der Waals surface area contributed by atoms with Crippen LogP contribution >= 0.6 is 0 Å². The number of nitrogens with zero attached hydrogens (tertiary/aromatic N) is 3. The average Bonchev–Trinajstić information content (AvgIpc) is 2.58. The van der Waals surface area contributed by atoms with Gasteiger partial charge in [0.25, 0.3) is 0 Å². The molecule has 0 aliphatic rings. The summed E-state index contributed by atoms with van der Waals surface area (Å²) < 4.78 is 7.10. The lowest BCUT2D eigenvalue weighted by atomic mass is 10.2. The van der Waals surface area contributed by atoms with Gasteiger partial charge in [-0.25, -0.2) is 4.68 Å². The van der Waals surface area contributed by atoms with Crippen molar-refractivity contribution in [2.24, 2.45) is 5.73 Å². The zero-order valence-corrected chi connectivity index (χ0v) is 9.73. The molecule has 0 bridgehead atoms. The Morgan fingerprint density at radius 2 is 2.27 bits per heavy atom. The molecule has 15 heavy (non-hydrogen) atoms. The van der Waals surface area contributed by atoms with Gasteiger partial charge in [0.2, 0.25) is 0 Å². The third-order valence-electron chi connectivity index (χ3n) is 2.58. The Morgan fingerprint density at radius 1 is 1.53 bits per heavy atom. The molecule has 0 aromatic carbocycles. The fourth-order valence-corrected chi connectivity index (χ4v) is 1.64. The molecule has 0 aliphatic carbocycles. The largest absolute Gasteiger partial charge is 0.382 e.